The first-order chi connectivity index (χ1) is 19.0. The maximum absolute atomic E-state index is 2.50. The molecule has 6 aromatic rings. The van der Waals surface area contributed by atoms with Crippen LogP contribution in [0.2, 0.25) is 13.1 Å². The summed E-state index contributed by atoms with van der Waals surface area (Å²) >= 11 is 0. The first-order valence-corrected chi connectivity index (χ1v) is 16.7. The van der Waals surface area contributed by atoms with Crippen molar-refractivity contribution in [1.82, 2.24) is 0 Å². The summed E-state index contributed by atoms with van der Waals surface area (Å²) in [6.07, 6.45) is 0. The second kappa shape index (κ2) is 9.11. The van der Waals surface area contributed by atoms with Crippen LogP contribution in [0.15, 0.2) is 133 Å². The number of hydrogen-bond donors (Lipinski definition) is 0. The summed E-state index contributed by atoms with van der Waals surface area (Å²) in [6, 6.07) is 49.2. The molecule has 1 aliphatic heterocycles. The van der Waals surface area contributed by atoms with Gasteiger partial charge in [0.15, 0.2) is 0 Å². The van der Waals surface area contributed by atoms with Crippen LogP contribution in [0.3, 0.4) is 0 Å². The molecule has 0 aliphatic carbocycles. The maximum Gasteiger partial charge on any atom is 0.116 e. The van der Waals surface area contributed by atoms with E-state index in [0.717, 1.165) is 0 Å². The molecule has 39 heavy (non-hydrogen) atoms. The zero-order valence-electron chi connectivity index (χ0n) is 22.6. The molecule has 0 bridgehead atoms. The number of aryl methyl sites for hydroxylation is 1. The van der Waals surface area contributed by atoms with Gasteiger partial charge in [0.2, 0.25) is 0 Å². The molecule has 0 N–H and O–H groups in total. The third-order valence-corrected chi connectivity index (χ3v) is 11.8. The van der Waals surface area contributed by atoms with Crippen LogP contribution < -0.4 is 15.3 Å². The lowest BCUT2D eigenvalue weighted by Gasteiger charge is -2.31. The minimum absolute atomic E-state index is 1.18. The van der Waals surface area contributed by atoms with Crippen molar-refractivity contribution < 1.29 is 0 Å². The molecule has 0 saturated heterocycles. The molecule has 0 aromatic heterocycles. The van der Waals surface area contributed by atoms with Gasteiger partial charge in [0.25, 0.3) is 0 Å². The van der Waals surface area contributed by atoms with Gasteiger partial charge in [-0.3, -0.25) is 0 Å². The van der Waals surface area contributed by atoms with E-state index in [1.165, 1.54) is 66.0 Å². The van der Waals surface area contributed by atoms with Crippen molar-refractivity contribution in [3.8, 4) is 22.3 Å². The smallest absolute Gasteiger partial charge is 0.116 e. The second-order valence-electron chi connectivity index (χ2n) is 11.2. The van der Waals surface area contributed by atoms with Crippen LogP contribution in [0.1, 0.15) is 5.56 Å². The highest BCUT2D eigenvalue weighted by atomic mass is 28.3. The van der Waals surface area contributed by atoms with Crippen molar-refractivity contribution in [3.05, 3.63) is 139 Å². The fraction of sp³-hybridized carbons (Fsp3) is 0.0811. The fourth-order valence-electron chi connectivity index (χ4n) is 6.32. The lowest BCUT2D eigenvalue weighted by atomic mass is 10.00. The monoisotopic (exact) mass is 517 g/mol. The standard InChI is InChI=1S/C37H31NSi/c1-26-18-22-31(23-19-26)38(35-16-9-15-34-33-14-6-7-17-36(33)39(2,3)37(34)35)32-13-8-12-29(25-32)30-21-20-27-10-4-5-11-28(27)24-30/h4-25H,1-3H3. The first-order valence-electron chi connectivity index (χ1n) is 13.7. The highest BCUT2D eigenvalue weighted by Gasteiger charge is 2.40. The average Bonchev–Trinajstić information content (AvgIpc) is 3.21. The Morgan fingerprint density at radius 3 is 2.05 bits per heavy atom. The molecule has 6 aromatic carbocycles. The van der Waals surface area contributed by atoms with Crippen LogP contribution in [0.4, 0.5) is 17.1 Å². The van der Waals surface area contributed by atoms with Crippen LogP contribution in [-0.4, -0.2) is 8.07 Å². The Kier molecular flexibility index (Phi) is 5.54. The van der Waals surface area contributed by atoms with Crippen LogP contribution in [0.5, 0.6) is 0 Å². The van der Waals surface area contributed by atoms with Crippen molar-refractivity contribution >= 4 is 46.3 Å². The van der Waals surface area contributed by atoms with Gasteiger partial charge in [-0.15, -0.1) is 0 Å². The Morgan fingerprint density at radius 1 is 0.513 bits per heavy atom. The van der Waals surface area contributed by atoms with Crippen LogP contribution in [0.25, 0.3) is 33.0 Å². The molecule has 188 valence electrons. The van der Waals surface area contributed by atoms with E-state index in [1.807, 2.05) is 0 Å². The highest BCUT2D eigenvalue weighted by Crippen LogP contribution is 2.40. The van der Waals surface area contributed by atoms with Gasteiger partial charge in [0.1, 0.15) is 8.07 Å². The van der Waals surface area contributed by atoms with Gasteiger partial charge >= 0.3 is 0 Å². The molecule has 0 fully saturated rings. The highest BCUT2D eigenvalue weighted by molar-refractivity contribution is 7.04. The normalized spacial score (nSPS) is 13.2. The summed E-state index contributed by atoms with van der Waals surface area (Å²) in [5.41, 5.74) is 10.2. The molecule has 2 heteroatoms. The Labute approximate surface area is 232 Å². The molecule has 0 radical (unpaired) electrons. The molecule has 7 rings (SSSR count). The van der Waals surface area contributed by atoms with Gasteiger partial charge in [0, 0.05) is 17.1 Å². The molecular formula is C37H31NSi. The Hall–Kier alpha value is -4.40. The van der Waals surface area contributed by atoms with Gasteiger partial charge in [-0.1, -0.05) is 116 Å². The summed E-state index contributed by atoms with van der Waals surface area (Å²) in [7, 11) is -1.92. The lowest BCUT2D eigenvalue weighted by Crippen LogP contribution is -2.50. The third-order valence-electron chi connectivity index (χ3n) is 8.28. The van der Waals surface area contributed by atoms with E-state index in [4.69, 9.17) is 0 Å². The summed E-state index contributed by atoms with van der Waals surface area (Å²) in [5.74, 6) is 0. The van der Waals surface area contributed by atoms with Crippen molar-refractivity contribution in [3.63, 3.8) is 0 Å². The lowest BCUT2D eigenvalue weighted by molar-refractivity contribution is 1.28. The molecule has 0 unspecified atom stereocenters. The van der Waals surface area contributed by atoms with Gasteiger partial charge < -0.3 is 4.90 Å². The second-order valence-corrected chi connectivity index (χ2v) is 15.4. The molecule has 1 heterocycles. The molecule has 0 atom stereocenters. The number of anilines is 3. The molecule has 0 saturated carbocycles. The van der Waals surface area contributed by atoms with Crippen LogP contribution in [-0.2, 0) is 0 Å². The van der Waals surface area contributed by atoms with Gasteiger partial charge in [0.05, 0.1) is 0 Å². The molecule has 0 spiro atoms. The molecule has 1 nitrogen and oxygen atoms in total. The first kappa shape index (κ1) is 23.7. The number of benzene rings is 6. The van der Waals surface area contributed by atoms with Crippen molar-refractivity contribution in [2.75, 3.05) is 4.90 Å². The molecule has 1 aliphatic rings. The SMILES string of the molecule is Cc1ccc(N(c2cccc(-c3ccc4ccccc4c3)c2)c2cccc3c2[Si](C)(C)c2ccccc2-3)cc1. The Bertz CT molecular complexity index is 1850. The van der Waals surface area contributed by atoms with E-state index in [0.29, 0.717) is 0 Å². The fourth-order valence-corrected chi connectivity index (χ4v) is 9.72. The number of hydrogen-bond acceptors (Lipinski definition) is 1. The number of rotatable bonds is 4. The van der Waals surface area contributed by atoms with Gasteiger partial charge in [-0.05, 0) is 86.7 Å². The Morgan fingerprint density at radius 2 is 1.21 bits per heavy atom. The van der Waals surface area contributed by atoms with Gasteiger partial charge in [-0.25, -0.2) is 0 Å². The van der Waals surface area contributed by atoms with E-state index in [1.54, 1.807) is 0 Å². The van der Waals surface area contributed by atoms with E-state index in [9.17, 15) is 0 Å². The Balaban J connectivity index is 1.43. The minimum Gasteiger partial charge on any atom is -0.311 e. The van der Waals surface area contributed by atoms with Crippen molar-refractivity contribution in [2.24, 2.45) is 0 Å². The zero-order chi connectivity index (χ0) is 26.6. The largest absolute Gasteiger partial charge is 0.311 e. The molecule has 0 amide bonds. The van der Waals surface area contributed by atoms with E-state index in [-0.39, 0.29) is 0 Å². The van der Waals surface area contributed by atoms with Crippen molar-refractivity contribution in [2.45, 2.75) is 20.0 Å². The number of nitrogens with zero attached hydrogens (tertiary/aromatic N) is 1. The summed E-state index contributed by atoms with van der Waals surface area (Å²) in [6.45, 7) is 7.15. The average molecular weight is 518 g/mol. The van der Waals surface area contributed by atoms with E-state index in [2.05, 4.69) is 158 Å². The van der Waals surface area contributed by atoms with Crippen molar-refractivity contribution in [1.29, 1.82) is 0 Å². The van der Waals surface area contributed by atoms with Crippen LogP contribution >= 0.6 is 0 Å². The number of fused-ring (bicyclic) bond motifs is 4. The molecular weight excluding hydrogens is 487 g/mol. The quantitative estimate of drug-likeness (QED) is 0.211. The topological polar surface area (TPSA) is 3.24 Å². The summed E-state index contributed by atoms with van der Waals surface area (Å²) in [5, 5.41) is 5.58. The predicted molar refractivity (Wildman–Crippen MR) is 171 cm³/mol. The third kappa shape index (κ3) is 3.91. The minimum atomic E-state index is -1.92. The predicted octanol–water partition coefficient (Wildman–Crippen LogP) is 9.09. The maximum atomic E-state index is 2.50. The summed E-state index contributed by atoms with van der Waals surface area (Å²) in [4.78, 5) is 2.48. The van der Waals surface area contributed by atoms with Gasteiger partial charge in [-0.2, -0.15) is 0 Å². The van der Waals surface area contributed by atoms with Crippen LogP contribution in [0, 0.1) is 6.92 Å². The van der Waals surface area contributed by atoms with E-state index >= 15 is 0 Å². The van der Waals surface area contributed by atoms with E-state index < -0.39 is 8.07 Å². The summed E-state index contributed by atoms with van der Waals surface area (Å²) < 4.78 is 0. The zero-order valence-corrected chi connectivity index (χ0v) is 23.6.